The summed E-state index contributed by atoms with van der Waals surface area (Å²) in [4.78, 5) is 0. The van der Waals surface area contributed by atoms with Gasteiger partial charge in [0.15, 0.2) is 0 Å². The van der Waals surface area contributed by atoms with Crippen LogP contribution in [0.25, 0.3) is 0 Å². The Balaban J connectivity index is 2.39. The molecule has 0 saturated carbocycles. The number of nitrogen functional groups attached to an aromatic ring is 2. The average Bonchev–Trinajstić information content (AvgIpc) is 2.47. The van der Waals surface area contributed by atoms with Crippen LogP contribution in [0, 0.1) is 0 Å². The smallest absolute Gasteiger partial charge is 0.0346 e. The van der Waals surface area contributed by atoms with Crippen molar-refractivity contribution in [3.63, 3.8) is 0 Å². The van der Waals surface area contributed by atoms with E-state index in [4.69, 9.17) is 11.5 Å². The number of nitrogens with two attached hydrogens (primary N) is 2. The van der Waals surface area contributed by atoms with Gasteiger partial charge in [0.25, 0.3) is 0 Å². The highest BCUT2D eigenvalue weighted by atomic mass is 14.6. The molecule has 2 nitrogen and oxygen atoms in total. The zero-order valence-electron chi connectivity index (χ0n) is 12.4. The highest BCUT2D eigenvalue weighted by Gasteiger charge is 2.14. The lowest BCUT2D eigenvalue weighted by Crippen LogP contribution is -2.03. The lowest BCUT2D eigenvalue weighted by molar-refractivity contribution is 0.697. The third-order valence-corrected chi connectivity index (χ3v) is 3.87. The number of aryl methyl sites for hydroxylation is 1. The molecule has 0 fully saturated rings. The van der Waals surface area contributed by atoms with Crippen molar-refractivity contribution in [3.05, 3.63) is 59.2 Å². The van der Waals surface area contributed by atoms with E-state index in [1.54, 1.807) is 0 Å². The number of rotatable bonds is 5. The van der Waals surface area contributed by atoms with Crippen LogP contribution in [0.1, 0.15) is 49.3 Å². The summed E-state index contributed by atoms with van der Waals surface area (Å²) >= 11 is 0. The summed E-state index contributed by atoms with van der Waals surface area (Å²) in [6, 6.07) is 14.7. The highest BCUT2D eigenvalue weighted by Crippen LogP contribution is 2.31. The van der Waals surface area contributed by atoms with Crippen molar-refractivity contribution in [1.29, 1.82) is 0 Å². The van der Waals surface area contributed by atoms with Crippen LogP contribution in [0.2, 0.25) is 0 Å². The van der Waals surface area contributed by atoms with Crippen molar-refractivity contribution >= 4 is 11.4 Å². The van der Waals surface area contributed by atoms with Crippen LogP contribution in [0.15, 0.2) is 42.5 Å². The average molecular weight is 268 g/mol. The predicted molar refractivity (Wildman–Crippen MR) is 87.8 cm³/mol. The first-order chi connectivity index (χ1) is 9.65. The Kier molecular flexibility index (Phi) is 4.67. The molecule has 0 saturated heterocycles. The minimum absolute atomic E-state index is 0.423. The van der Waals surface area contributed by atoms with E-state index in [2.05, 4.69) is 38.1 Å². The summed E-state index contributed by atoms with van der Waals surface area (Å²) < 4.78 is 0. The lowest BCUT2D eigenvalue weighted by Gasteiger charge is -2.19. The van der Waals surface area contributed by atoms with Crippen LogP contribution in [-0.4, -0.2) is 0 Å². The van der Waals surface area contributed by atoms with Gasteiger partial charge in [0, 0.05) is 17.3 Å². The van der Waals surface area contributed by atoms with Crippen molar-refractivity contribution in [2.75, 3.05) is 11.5 Å². The van der Waals surface area contributed by atoms with E-state index in [9.17, 15) is 0 Å². The Morgan fingerprint density at radius 2 is 1.55 bits per heavy atom. The maximum absolute atomic E-state index is 6.02. The van der Waals surface area contributed by atoms with E-state index in [0.29, 0.717) is 5.92 Å². The molecule has 2 aromatic carbocycles. The molecule has 0 aromatic heterocycles. The Hall–Kier alpha value is -1.96. The van der Waals surface area contributed by atoms with Gasteiger partial charge in [-0.05, 0) is 47.7 Å². The van der Waals surface area contributed by atoms with E-state index in [1.165, 1.54) is 16.7 Å². The van der Waals surface area contributed by atoms with Crippen molar-refractivity contribution in [3.8, 4) is 0 Å². The molecule has 0 radical (unpaired) electrons. The zero-order chi connectivity index (χ0) is 14.5. The van der Waals surface area contributed by atoms with Crippen LogP contribution in [-0.2, 0) is 6.42 Å². The van der Waals surface area contributed by atoms with Gasteiger partial charge in [-0.1, -0.05) is 44.5 Å². The topological polar surface area (TPSA) is 52.0 Å². The Bertz CT molecular complexity index is 558. The normalized spacial score (nSPS) is 12.3. The maximum Gasteiger partial charge on any atom is 0.0346 e. The van der Waals surface area contributed by atoms with E-state index in [1.807, 2.05) is 18.2 Å². The van der Waals surface area contributed by atoms with Crippen LogP contribution in [0.4, 0.5) is 11.4 Å². The van der Waals surface area contributed by atoms with Crippen LogP contribution in [0.3, 0.4) is 0 Å². The van der Waals surface area contributed by atoms with E-state index in [0.717, 1.165) is 30.6 Å². The molecule has 2 rings (SSSR count). The van der Waals surface area contributed by atoms with Gasteiger partial charge >= 0.3 is 0 Å². The number of hydrogen-bond donors (Lipinski definition) is 2. The first-order valence-corrected chi connectivity index (χ1v) is 7.39. The standard InChI is InChI=1S/C18H24N2/c1-3-5-17(14-6-9-16(19)10-7-14)15-8-11-18(20)13(4-2)12-15/h6-12,17H,3-5,19-20H2,1-2H3. The fourth-order valence-electron chi connectivity index (χ4n) is 2.69. The van der Waals surface area contributed by atoms with Crippen LogP contribution in [0.5, 0.6) is 0 Å². The molecule has 0 bridgehead atoms. The van der Waals surface area contributed by atoms with Gasteiger partial charge in [-0.25, -0.2) is 0 Å². The third-order valence-electron chi connectivity index (χ3n) is 3.87. The third kappa shape index (κ3) is 3.13. The molecule has 0 amide bonds. The molecular weight excluding hydrogens is 244 g/mol. The molecule has 2 heteroatoms. The number of anilines is 2. The van der Waals surface area contributed by atoms with E-state index >= 15 is 0 Å². The van der Waals surface area contributed by atoms with Crippen LogP contribution < -0.4 is 11.5 Å². The second kappa shape index (κ2) is 6.47. The molecule has 106 valence electrons. The largest absolute Gasteiger partial charge is 0.399 e. The summed E-state index contributed by atoms with van der Waals surface area (Å²) in [5.41, 5.74) is 17.4. The first kappa shape index (κ1) is 14.4. The summed E-state index contributed by atoms with van der Waals surface area (Å²) in [5.74, 6) is 0.423. The van der Waals surface area contributed by atoms with Gasteiger partial charge < -0.3 is 11.5 Å². The van der Waals surface area contributed by atoms with E-state index < -0.39 is 0 Å². The molecule has 2 aromatic rings. The minimum atomic E-state index is 0.423. The molecule has 0 aliphatic heterocycles. The second-order valence-electron chi connectivity index (χ2n) is 5.32. The van der Waals surface area contributed by atoms with Gasteiger partial charge in [0.05, 0.1) is 0 Å². The monoisotopic (exact) mass is 268 g/mol. The molecule has 0 aliphatic carbocycles. The number of hydrogen-bond acceptors (Lipinski definition) is 2. The molecule has 20 heavy (non-hydrogen) atoms. The summed E-state index contributed by atoms with van der Waals surface area (Å²) in [6.45, 7) is 4.37. The predicted octanol–water partition coefficient (Wildman–Crippen LogP) is 4.35. The number of benzene rings is 2. The molecule has 0 spiro atoms. The quantitative estimate of drug-likeness (QED) is 0.792. The SMILES string of the molecule is CCCC(c1ccc(N)cc1)c1ccc(N)c(CC)c1. The van der Waals surface area contributed by atoms with E-state index in [-0.39, 0.29) is 0 Å². The molecule has 1 atom stereocenters. The highest BCUT2D eigenvalue weighted by molar-refractivity contribution is 5.51. The molecule has 4 N–H and O–H groups in total. The van der Waals surface area contributed by atoms with Crippen molar-refractivity contribution < 1.29 is 0 Å². The van der Waals surface area contributed by atoms with Crippen molar-refractivity contribution in [1.82, 2.24) is 0 Å². The zero-order valence-corrected chi connectivity index (χ0v) is 12.4. The van der Waals surface area contributed by atoms with Crippen molar-refractivity contribution in [2.24, 2.45) is 0 Å². The van der Waals surface area contributed by atoms with Gasteiger partial charge in [0.2, 0.25) is 0 Å². The summed E-state index contributed by atoms with van der Waals surface area (Å²) in [7, 11) is 0. The molecule has 0 heterocycles. The molecule has 0 aliphatic rings. The molecule has 1 unspecified atom stereocenters. The minimum Gasteiger partial charge on any atom is -0.399 e. The van der Waals surface area contributed by atoms with Gasteiger partial charge in [-0.2, -0.15) is 0 Å². The fraction of sp³-hybridized carbons (Fsp3) is 0.333. The second-order valence-corrected chi connectivity index (χ2v) is 5.32. The Morgan fingerprint density at radius 1 is 0.900 bits per heavy atom. The maximum atomic E-state index is 6.02. The van der Waals surface area contributed by atoms with Crippen molar-refractivity contribution in [2.45, 2.75) is 39.0 Å². The summed E-state index contributed by atoms with van der Waals surface area (Å²) in [6.07, 6.45) is 3.26. The lowest BCUT2D eigenvalue weighted by atomic mass is 9.86. The van der Waals surface area contributed by atoms with Gasteiger partial charge in [0.1, 0.15) is 0 Å². The van der Waals surface area contributed by atoms with Crippen LogP contribution >= 0.6 is 0 Å². The van der Waals surface area contributed by atoms with Gasteiger partial charge in [-0.3, -0.25) is 0 Å². The Labute approximate surface area is 121 Å². The first-order valence-electron chi connectivity index (χ1n) is 7.39. The summed E-state index contributed by atoms with van der Waals surface area (Å²) in [5, 5.41) is 0. The fourth-order valence-corrected chi connectivity index (χ4v) is 2.69. The molecular formula is C18H24N2. The van der Waals surface area contributed by atoms with Gasteiger partial charge in [-0.15, -0.1) is 0 Å². The Morgan fingerprint density at radius 3 is 2.15 bits per heavy atom.